The first-order chi connectivity index (χ1) is 7.80. The lowest BCUT2D eigenvalue weighted by molar-refractivity contribution is -0.0510. The lowest BCUT2D eigenvalue weighted by Gasteiger charge is -2.05. The van der Waals surface area contributed by atoms with Gasteiger partial charge in [-0.3, -0.25) is 4.55 Å². The Labute approximate surface area is 105 Å². The van der Waals surface area contributed by atoms with Gasteiger partial charge in [0.25, 0.3) is 0 Å². The molecule has 0 radical (unpaired) electrons. The van der Waals surface area contributed by atoms with Crippen LogP contribution in [0.15, 0.2) is 22.3 Å². The zero-order valence-electron chi connectivity index (χ0n) is 10.9. The summed E-state index contributed by atoms with van der Waals surface area (Å²) >= 11 is 0. The summed E-state index contributed by atoms with van der Waals surface area (Å²) in [4.78, 5) is 0. The van der Waals surface area contributed by atoms with E-state index in [2.05, 4.69) is 34.6 Å². The lowest BCUT2D eigenvalue weighted by Crippen LogP contribution is -2.21. The van der Waals surface area contributed by atoms with Gasteiger partial charge in [0, 0.05) is 0 Å². The zero-order chi connectivity index (χ0) is 14.9. The SMILES string of the molecule is CC1=C(C)C(C)C(C)=C1C.O=S(=O)(O)C(F)(F)F. The standard InChI is InChI=1S/C10H16.CHF3O3S/c1-6-7(2)9(4)10(5)8(6)3;2-1(3,4)8(5,6)7/h6H,1-5H3;(H,5,6,7). The van der Waals surface area contributed by atoms with Crippen LogP contribution in [0.25, 0.3) is 0 Å². The summed E-state index contributed by atoms with van der Waals surface area (Å²) in [5.41, 5.74) is 0.576. The second kappa shape index (κ2) is 5.44. The Bertz CT molecular complexity index is 460. The Hall–Kier alpha value is -0.820. The maximum absolute atomic E-state index is 10.7. The van der Waals surface area contributed by atoms with Crippen molar-refractivity contribution >= 4 is 10.1 Å². The van der Waals surface area contributed by atoms with E-state index in [1.165, 1.54) is 11.1 Å². The van der Waals surface area contributed by atoms with Crippen molar-refractivity contribution < 1.29 is 26.1 Å². The molecule has 0 spiro atoms. The second-order valence-electron chi connectivity index (χ2n) is 4.26. The molecule has 18 heavy (non-hydrogen) atoms. The molecule has 0 amide bonds. The molecule has 0 bridgehead atoms. The number of rotatable bonds is 0. The minimum atomic E-state index is -5.84. The average molecular weight is 286 g/mol. The van der Waals surface area contributed by atoms with Gasteiger partial charge in [0.1, 0.15) is 0 Å². The van der Waals surface area contributed by atoms with E-state index < -0.39 is 15.6 Å². The molecule has 3 nitrogen and oxygen atoms in total. The first-order valence-electron chi connectivity index (χ1n) is 5.19. The quantitative estimate of drug-likeness (QED) is 0.545. The topological polar surface area (TPSA) is 54.4 Å². The summed E-state index contributed by atoms with van der Waals surface area (Å²) in [5, 5.41) is 0. The van der Waals surface area contributed by atoms with E-state index in [1.54, 1.807) is 11.1 Å². The molecule has 0 aromatic rings. The Kier molecular flexibility index (Phi) is 5.19. The van der Waals surface area contributed by atoms with E-state index >= 15 is 0 Å². The number of halogens is 3. The molecule has 7 heteroatoms. The predicted molar refractivity (Wildman–Crippen MR) is 63.5 cm³/mol. The summed E-state index contributed by atoms with van der Waals surface area (Å²) in [6.07, 6.45) is 0. The van der Waals surface area contributed by atoms with E-state index in [1.807, 2.05) is 0 Å². The number of allylic oxidation sites excluding steroid dienone is 4. The summed E-state index contributed by atoms with van der Waals surface area (Å²) in [6, 6.07) is 0. The fourth-order valence-electron chi connectivity index (χ4n) is 1.57. The van der Waals surface area contributed by atoms with E-state index in [9.17, 15) is 13.2 Å². The molecule has 0 saturated carbocycles. The highest BCUT2D eigenvalue weighted by Crippen LogP contribution is 2.35. The molecule has 106 valence electrons. The van der Waals surface area contributed by atoms with Crippen molar-refractivity contribution in [2.24, 2.45) is 5.92 Å². The Morgan fingerprint density at radius 3 is 1.28 bits per heavy atom. The third-order valence-corrected chi connectivity index (χ3v) is 3.92. The fourth-order valence-corrected chi connectivity index (χ4v) is 1.57. The van der Waals surface area contributed by atoms with Gasteiger partial charge in [0.05, 0.1) is 0 Å². The smallest absolute Gasteiger partial charge is 0.279 e. The molecule has 0 saturated heterocycles. The van der Waals surface area contributed by atoms with E-state index in [-0.39, 0.29) is 0 Å². The summed E-state index contributed by atoms with van der Waals surface area (Å²) in [6.45, 7) is 11.2. The van der Waals surface area contributed by atoms with Gasteiger partial charge in [0.2, 0.25) is 0 Å². The predicted octanol–water partition coefficient (Wildman–Crippen LogP) is 3.70. The molecular formula is C11H17F3O3S. The highest BCUT2D eigenvalue weighted by molar-refractivity contribution is 7.86. The third kappa shape index (κ3) is 3.84. The number of hydrogen-bond acceptors (Lipinski definition) is 2. The van der Waals surface area contributed by atoms with Crippen molar-refractivity contribution in [3.63, 3.8) is 0 Å². The van der Waals surface area contributed by atoms with Crippen LogP contribution >= 0.6 is 0 Å². The third-order valence-electron chi connectivity index (χ3n) is 3.34. The molecule has 1 aliphatic rings. The van der Waals surface area contributed by atoms with Crippen LogP contribution in [-0.2, 0) is 10.1 Å². The second-order valence-corrected chi connectivity index (χ2v) is 5.67. The minimum absolute atomic E-state index is 0.694. The molecule has 1 N–H and O–H groups in total. The van der Waals surface area contributed by atoms with Crippen LogP contribution < -0.4 is 0 Å². The van der Waals surface area contributed by atoms with Gasteiger partial charge in [-0.2, -0.15) is 21.6 Å². The van der Waals surface area contributed by atoms with Crippen molar-refractivity contribution in [3.8, 4) is 0 Å². The molecular weight excluding hydrogens is 269 g/mol. The highest BCUT2D eigenvalue weighted by Gasteiger charge is 2.44. The van der Waals surface area contributed by atoms with Gasteiger partial charge in [-0.1, -0.05) is 18.1 Å². The fraction of sp³-hybridized carbons (Fsp3) is 0.636. The normalized spacial score (nSPS) is 18.1. The summed E-state index contributed by atoms with van der Waals surface area (Å²) < 4.78 is 57.5. The van der Waals surface area contributed by atoms with Crippen LogP contribution in [0.1, 0.15) is 34.6 Å². The van der Waals surface area contributed by atoms with Crippen molar-refractivity contribution in [1.29, 1.82) is 0 Å². The van der Waals surface area contributed by atoms with Crippen molar-refractivity contribution in [2.45, 2.75) is 40.1 Å². The first kappa shape index (κ1) is 17.2. The van der Waals surface area contributed by atoms with Crippen LogP contribution in [0.2, 0.25) is 0 Å². The van der Waals surface area contributed by atoms with Crippen molar-refractivity contribution in [3.05, 3.63) is 22.3 Å². The molecule has 1 aliphatic carbocycles. The average Bonchev–Trinajstić information content (AvgIpc) is 2.35. The maximum Gasteiger partial charge on any atom is 0.522 e. The largest absolute Gasteiger partial charge is 0.522 e. The Morgan fingerprint density at radius 1 is 1.00 bits per heavy atom. The van der Waals surface area contributed by atoms with Crippen LogP contribution in [0.5, 0.6) is 0 Å². The number of alkyl halides is 3. The van der Waals surface area contributed by atoms with Crippen LogP contribution in [0.4, 0.5) is 13.2 Å². The monoisotopic (exact) mass is 286 g/mol. The van der Waals surface area contributed by atoms with Gasteiger partial charge >= 0.3 is 15.6 Å². The molecule has 0 aliphatic heterocycles. The van der Waals surface area contributed by atoms with Gasteiger partial charge in [0.15, 0.2) is 0 Å². The van der Waals surface area contributed by atoms with Crippen LogP contribution in [0.3, 0.4) is 0 Å². The van der Waals surface area contributed by atoms with Gasteiger partial charge < -0.3 is 0 Å². The van der Waals surface area contributed by atoms with Gasteiger partial charge in [-0.05, 0) is 44.8 Å². The molecule has 0 aromatic heterocycles. The highest BCUT2D eigenvalue weighted by atomic mass is 32.2. The Balaban J connectivity index is 0.000000331. The van der Waals surface area contributed by atoms with Gasteiger partial charge in [-0.15, -0.1) is 0 Å². The molecule has 0 atom stereocenters. The van der Waals surface area contributed by atoms with E-state index in [0.717, 1.165) is 0 Å². The first-order valence-corrected chi connectivity index (χ1v) is 6.63. The van der Waals surface area contributed by atoms with Gasteiger partial charge in [-0.25, -0.2) is 0 Å². The van der Waals surface area contributed by atoms with Crippen LogP contribution in [-0.4, -0.2) is 18.5 Å². The summed E-state index contributed by atoms with van der Waals surface area (Å²) in [7, 11) is -5.84. The van der Waals surface area contributed by atoms with E-state index in [4.69, 9.17) is 13.0 Å². The molecule has 0 fully saturated rings. The maximum atomic E-state index is 10.7. The Morgan fingerprint density at radius 2 is 1.22 bits per heavy atom. The van der Waals surface area contributed by atoms with Crippen LogP contribution in [0, 0.1) is 5.92 Å². The minimum Gasteiger partial charge on any atom is -0.279 e. The zero-order valence-corrected chi connectivity index (χ0v) is 11.7. The lowest BCUT2D eigenvalue weighted by atomic mass is 10.00. The molecule has 0 aromatic carbocycles. The number of hydrogen-bond donors (Lipinski definition) is 1. The van der Waals surface area contributed by atoms with Crippen molar-refractivity contribution in [1.82, 2.24) is 0 Å². The van der Waals surface area contributed by atoms with E-state index in [0.29, 0.717) is 5.92 Å². The molecule has 1 rings (SSSR count). The molecule has 0 unspecified atom stereocenters. The van der Waals surface area contributed by atoms with Crippen molar-refractivity contribution in [2.75, 3.05) is 0 Å². The summed E-state index contributed by atoms with van der Waals surface area (Å²) in [5.74, 6) is 0.694. The molecule has 0 heterocycles.